The number of hydrogen-bond donors (Lipinski definition) is 1. The van der Waals surface area contributed by atoms with Gasteiger partial charge in [0.05, 0.1) is 17.8 Å². The van der Waals surface area contributed by atoms with Gasteiger partial charge in [0.1, 0.15) is 11.5 Å². The largest absolute Gasteiger partial charge is 0.457 e. The van der Waals surface area contributed by atoms with Crippen LogP contribution in [0.25, 0.3) is 0 Å². The van der Waals surface area contributed by atoms with Gasteiger partial charge in [-0.3, -0.25) is 4.79 Å². The van der Waals surface area contributed by atoms with Gasteiger partial charge in [-0.1, -0.05) is 30.3 Å². The molecule has 6 heteroatoms. The van der Waals surface area contributed by atoms with Crippen LogP contribution in [-0.2, 0) is 13.0 Å². The highest BCUT2D eigenvalue weighted by Gasteiger charge is 2.25. The third-order valence-corrected chi connectivity index (χ3v) is 4.34. The van der Waals surface area contributed by atoms with Crippen molar-refractivity contribution in [1.29, 1.82) is 0 Å². The summed E-state index contributed by atoms with van der Waals surface area (Å²) in [5, 5.41) is 0. The van der Waals surface area contributed by atoms with Crippen molar-refractivity contribution in [2.24, 2.45) is 0 Å². The molecule has 0 aliphatic carbocycles. The molecule has 0 spiro atoms. The maximum atomic E-state index is 13.1. The Balaban J connectivity index is 1.59. The molecule has 26 heavy (non-hydrogen) atoms. The van der Waals surface area contributed by atoms with E-state index in [9.17, 15) is 4.79 Å². The molecule has 2 aromatic carbocycles. The summed E-state index contributed by atoms with van der Waals surface area (Å²) in [6.45, 7) is 1.03. The zero-order valence-corrected chi connectivity index (χ0v) is 14.1. The Morgan fingerprint density at radius 1 is 1.08 bits per heavy atom. The molecule has 130 valence electrons. The van der Waals surface area contributed by atoms with Crippen LogP contribution in [0.5, 0.6) is 11.5 Å². The molecular formula is C20H18N4O2. The number of amides is 1. The van der Waals surface area contributed by atoms with Gasteiger partial charge in [0.2, 0.25) is 5.95 Å². The number of ether oxygens (including phenoxy) is 1. The fraction of sp³-hybridized carbons (Fsp3) is 0.150. The summed E-state index contributed by atoms with van der Waals surface area (Å²) in [7, 11) is 0. The van der Waals surface area contributed by atoms with E-state index in [1.54, 1.807) is 23.2 Å². The first-order valence-corrected chi connectivity index (χ1v) is 8.42. The first-order valence-electron chi connectivity index (χ1n) is 8.42. The Kier molecular flexibility index (Phi) is 4.23. The van der Waals surface area contributed by atoms with E-state index in [0.717, 1.165) is 11.3 Å². The number of nitrogens with two attached hydrogens (primary N) is 1. The molecule has 0 saturated heterocycles. The van der Waals surface area contributed by atoms with Crippen LogP contribution in [0.15, 0.2) is 60.8 Å². The molecule has 1 aliphatic heterocycles. The quantitative estimate of drug-likeness (QED) is 0.788. The molecule has 0 atom stereocenters. The minimum Gasteiger partial charge on any atom is -0.457 e. The Morgan fingerprint density at radius 3 is 2.69 bits per heavy atom. The first-order chi connectivity index (χ1) is 12.7. The molecule has 3 aromatic rings. The van der Waals surface area contributed by atoms with E-state index in [4.69, 9.17) is 10.5 Å². The lowest BCUT2D eigenvalue weighted by Gasteiger charge is -2.28. The van der Waals surface area contributed by atoms with Crippen LogP contribution in [-0.4, -0.2) is 27.3 Å². The normalized spacial score (nSPS) is 13.2. The zero-order chi connectivity index (χ0) is 17.9. The number of hydrogen-bond acceptors (Lipinski definition) is 5. The molecule has 0 saturated carbocycles. The molecule has 1 aromatic heterocycles. The number of para-hydroxylation sites is 2. The van der Waals surface area contributed by atoms with Crippen LogP contribution in [0.3, 0.4) is 0 Å². The molecule has 0 bridgehead atoms. The Hall–Kier alpha value is -3.41. The lowest BCUT2D eigenvalue weighted by molar-refractivity contribution is 0.0729. The minimum absolute atomic E-state index is 0.0839. The SMILES string of the molecule is Nc1ncc2c(n1)CN(C(=O)c1ccccc1Oc1ccccc1)CC2. The summed E-state index contributed by atoms with van der Waals surface area (Å²) in [6.07, 6.45) is 2.45. The fourth-order valence-corrected chi connectivity index (χ4v) is 3.01. The van der Waals surface area contributed by atoms with Gasteiger partial charge in [0.25, 0.3) is 5.91 Å². The number of anilines is 1. The number of nitrogen functional groups attached to an aromatic ring is 1. The number of fused-ring (bicyclic) bond motifs is 1. The van der Waals surface area contributed by atoms with Crippen molar-refractivity contribution < 1.29 is 9.53 Å². The zero-order valence-electron chi connectivity index (χ0n) is 14.1. The molecule has 4 rings (SSSR count). The van der Waals surface area contributed by atoms with Gasteiger partial charge in [0, 0.05) is 12.7 Å². The summed E-state index contributed by atoms with van der Waals surface area (Å²) in [4.78, 5) is 23.1. The van der Waals surface area contributed by atoms with E-state index < -0.39 is 0 Å². The number of benzene rings is 2. The summed E-state index contributed by atoms with van der Waals surface area (Å²) in [5.41, 5.74) is 8.05. The van der Waals surface area contributed by atoms with Gasteiger partial charge < -0.3 is 15.4 Å². The molecule has 1 amide bonds. The van der Waals surface area contributed by atoms with Crippen molar-refractivity contribution in [2.45, 2.75) is 13.0 Å². The van der Waals surface area contributed by atoms with Crippen LogP contribution < -0.4 is 10.5 Å². The Bertz CT molecular complexity index is 944. The van der Waals surface area contributed by atoms with E-state index in [1.807, 2.05) is 42.5 Å². The standard InChI is InChI=1S/C20H18N4O2/c21-20-22-12-14-10-11-24(13-17(14)23-20)19(25)16-8-4-5-9-18(16)26-15-6-2-1-3-7-15/h1-9,12H,10-11,13H2,(H2,21,22,23). The molecule has 2 heterocycles. The highest BCUT2D eigenvalue weighted by molar-refractivity contribution is 5.97. The highest BCUT2D eigenvalue weighted by Crippen LogP contribution is 2.27. The van der Waals surface area contributed by atoms with E-state index >= 15 is 0 Å². The van der Waals surface area contributed by atoms with Gasteiger partial charge in [0.15, 0.2) is 0 Å². The third-order valence-electron chi connectivity index (χ3n) is 4.34. The topological polar surface area (TPSA) is 81.3 Å². The van der Waals surface area contributed by atoms with Gasteiger partial charge in [-0.15, -0.1) is 0 Å². The predicted octanol–water partition coefficient (Wildman–Crippen LogP) is 3.05. The van der Waals surface area contributed by atoms with Crippen molar-refractivity contribution in [3.63, 3.8) is 0 Å². The van der Waals surface area contributed by atoms with Crippen LogP contribution in [0.2, 0.25) is 0 Å². The van der Waals surface area contributed by atoms with Crippen molar-refractivity contribution in [2.75, 3.05) is 12.3 Å². The number of aromatic nitrogens is 2. The van der Waals surface area contributed by atoms with Gasteiger partial charge >= 0.3 is 0 Å². The third kappa shape index (κ3) is 3.21. The highest BCUT2D eigenvalue weighted by atomic mass is 16.5. The molecule has 0 unspecified atom stereocenters. The molecule has 2 N–H and O–H groups in total. The molecule has 6 nitrogen and oxygen atoms in total. The number of nitrogens with zero attached hydrogens (tertiary/aromatic N) is 3. The predicted molar refractivity (Wildman–Crippen MR) is 97.8 cm³/mol. The smallest absolute Gasteiger partial charge is 0.258 e. The van der Waals surface area contributed by atoms with Crippen LogP contribution in [0.1, 0.15) is 21.6 Å². The van der Waals surface area contributed by atoms with Crippen LogP contribution in [0, 0.1) is 0 Å². The fourth-order valence-electron chi connectivity index (χ4n) is 3.01. The van der Waals surface area contributed by atoms with Crippen molar-refractivity contribution >= 4 is 11.9 Å². The van der Waals surface area contributed by atoms with Crippen molar-refractivity contribution in [1.82, 2.24) is 14.9 Å². The van der Waals surface area contributed by atoms with Crippen molar-refractivity contribution in [3.8, 4) is 11.5 Å². The monoisotopic (exact) mass is 346 g/mol. The van der Waals surface area contributed by atoms with E-state index in [0.29, 0.717) is 36.6 Å². The number of carbonyl (C=O) groups excluding carboxylic acids is 1. The average Bonchev–Trinajstić information content (AvgIpc) is 2.68. The lowest BCUT2D eigenvalue weighted by Crippen LogP contribution is -2.36. The molecular weight excluding hydrogens is 328 g/mol. The van der Waals surface area contributed by atoms with E-state index in [1.165, 1.54) is 0 Å². The van der Waals surface area contributed by atoms with Crippen LogP contribution in [0.4, 0.5) is 5.95 Å². The number of rotatable bonds is 3. The number of carbonyl (C=O) groups is 1. The van der Waals surface area contributed by atoms with Gasteiger partial charge in [-0.05, 0) is 36.2 Å². The minimum atomic E-state index is -0.0839. The molecule has 1 aliphatic rings. The summed E-state index contributed by atoms with van der Waals surface area (Å²) >= 11 is 0. The maximum Gasteiger partial charge on any atom is 0.258 e. The first kappa shape index (κ1) is 16.1. The maximum absolute atomic E-state index is 13.1. The second kappa shape index (κ2) is 6.84. The second-order valence-corrected chi connectivity index (χ2v) is 6.09. The van der Waals surface area contributed by atoms with E-state index in [-0.39, 0.29) is 11.9 Å². The summed E-state index contributed by atoms with van der Waals surface area (Å²) < 4.78 is 5.92. The Labute approximate surface area is 151 Å². The van der Waals surface area contributed by atoms with Crippen molar-refractivity contribution in [3.05, 3.63) is 77.6 Å². The second-order valence-electron chi connectivity index (χ2n) is 6.09. The average molecular weight is 346 g/mol. The van der Waals surface area contributed by atoms with Crippen LogP contribution >= 0.6 is 0 Å². The summed E-state index contributed by atoms with van der Waals surface area (Å²) in [6, 6.07) is 16.7. The molecule has 0 radical (unpaired) electrons. The lowest BCUT2D eigenvalue weighted by atomic mass is 10.1. The Morgan fingerprint density at radius 2 is 1.85 bits per heavy atom. The molecule has 0 fully saturated rings. The van der Waals surface area contributed by atoms with E-state index in [2.05, 4.69) is 9.97 Å². The van der Waals surface area contributed by atoms with Gasteiger partial charge in [-0.2, -0.15) is 0 Å². The van der Waals surface area contributed by atoms with Gasteiger partial charge in [-0.25, -0.2) is 9.97 Å². The summed E-state index contributed by atoms with van der Waals surface area (Å²) in [5.74, 6) is 1.37.